The first kappa shape index (κ1) is 11.4. The van der Waals surface area contributed by atoms with Crippen molar-refractivity contribution < 1.29 is 4.92 Å². The predicted octanol–water partition coefficient (Wildman–Crippen LogP) is 2.00. The Morgan fingerprint density at radius 3 is 2.60 bits per heavy atom. The highest BCUT2D eigenvalue weighted by molar-refractivity contribution is 5.52. The van der Waals surface area contributed by atoms with E-state index in [-0.39, 0.29) is 16.5 Å². The zero-order chi connectivity index (χ0) is 11.6. The van der Waals surface area contributed by atoms with Crippen molar-refractivity contribution in [2.45, 2.75) is 20.8 Å². The number of hydrogen-bond acceptors (Lipinski definition) is 3. The third-order valence-corrected chi connectivity index (χ3v) is 2.38. The van der Waals surface area contributed by atoms with Gasteiger partial charge in [0.05, 0.1) is 11.1 Å². The maximum absolute atomic E-state index is 10.8. The lowest BCUT2D eigenvalue weighted by atomic mass is 10.1. The molecule has 0 unspecified atom stereocenters. The summed E-state index contributed by atoms with van der Waals surface area (Å²) in [5.74, 6) is -0.0976. The molecule has 0 atom stereocenters. The lowest BCUT2D eigenvalue weighted by Crippen LogP contribution is -2.05. The average Bonchev–Trinajstić information content (AvgIpc) is 2.43. The molecule has 0 N–H and O–H groups in total. The second-order valence-electron chi connectivity index (χ2n) is 3.79. The number of aromatic nitrogens is 2. The SMILES string of the molecule is Cc1c(C=C(C(C)C)[N+](=O)[O-])cnn1C. The zero-order valence-corrected chi connectivity index (χ0v) is 9.39. The van der Waals surface area contributed by atoms with Gasteiger partial charge in [0, 0.05) is 30.3 Å². The summed E-state index contributed by atoms with van der Waals surface area (Å²) in [5.41, 5.74) is 1.94. The molecule has 0 spiro atoms. The number of aryl methyl sites for hydroxylation is 1. The normalized spacial score (nSPS) is 12.2. The molecule has 1 aromatic rings. The van der Waals surface area contributed by atoms with Gasteiger partial charge in [-0.2, -0.15) is 5.10 Å². The van der Waals surface area contributed by atoms with E-state index in [1.807, 2.05) is 14.0 Å². The van der Waals surface area contributed by atoms with Crippen molar-refractivity contribution >= 4 is 6.08 Å². The standard InChI is InChI=1S/C10H15N3O2/c1-7(2)10(13(14)15)5-9-6-11-12(4)8(9)3/h5-7H,1-4H3. The van der Waals surface area contributed by atoms with Crippen LogP contribution in [-0.4, -0.2) is 14.7 Å². The Labute approximate surface area is 88.6 Å². The number of rotatable bonds is 3. The Hall–Kier alpha value is -1.65. The fourth-order valence-electron chi connectivity index (χ4n) is 1.25. The maximum atomic E-state index is 10.8. The van der Waals surface area contributed by atoms with Crippen LogP contribution < -0.4 is 0 Å². The molecule has 1 heterocycles. The molecule has 0 radical (unpaired) electrons. The summed E-state index contributed by atoms with van der Waals surface area (Å²) in [6, 6.07) is 0. The molecule has 0 saturated heterocycles. The molecule has 0 aromatic carbocycles. The van der Waals surface area contributed by atoms with Crippen molar-refractivity contribution in [3.05, 3.63) is 33.3 Å². The van der Waals surface area contributed by atoms with Crippen LogP contribution >= 0.6 is 0 Å². The van der Waals surface area contributed by atoms with Gasteiger partial charge in [0.2, 0.25) is 5.70 Å². The summed E-state index contributed by atoms with van der Waals surface area (Å²) in [4.78, 5) is 10.4. The van der Waals surface area contributed by atoms with Crippen LogP contribution in [0.15, 0.2) is 11.9 Å². The lowest BCUT2D eigenvalue weighted by molar-refractivity contribution is -0.431. The molecule has 5 nitrogen and oxygen atoms in total. The third kappa shape index (κ3) is 2.43. The van der Waals surface area contributed by atoms with Crippen molar-refractivity contribution in [1.29, 1.82) is 0 Å². The summed E-state index contributed by atoms with van der Waals surface area (Å²) < 4.78 is 1.70. The van der Waals surface area contributed by atoms with Gasteiger partial charge in [-0.3, -0.25) is 14.8 Å². The number of hydrogen-bond donors (Lipinski definition) is 0. The van der Waals surface area contributed by atoms with Crippen molar-refractivity contribution in [2.75, 3.05) is 0 Å². The number of nitro groups is 1. The molecule has 0 saturated carbocycles. The van der Waals surface area contributed by atoms with Crippen LogP contribution in [0, 0.1) is 23.0 Å². The fourth-order valence-corrected chi connectivity index (χ4v) is 1.25. The van der Waals surface area contributed by atoms with Gasteiger partial charge in [0.15, 0.2) is 0 Å². The Balaban J connectivity index is 3.13. The van der Waals surface area contributed by atoms with E-state index in [9.17, 15) is 10.1 Å². The van der Waals surface area contributed by atoms with Gasteiger partial charge < -0.3 is 0 Å². The summed E-state index contributed by atoms with van der Waals surface area (Å²) in [6.45, 7) is 5.50. The first-order valence-corrected chi connectivity index (χ1v) is 4.78. The van der Waals surface area contributed by atoms with Gasteiger partial charge in [0.1, 0.15) is 0 Å². The van der Waals surface area contributed by atoms with Gasteiger partial charge >= 0.3 is 0 Å². The lowest BCUT2D eigenvalue weighted by Gasteiger charge is -2.01. The van der Waals surface area contributed by atoms with E-state index in [1.165, 1.54) is 0 Å². The molecule has 1 rings (SSSR count). The predicted molar refractivity (Wildman–Crippen MR) is 57.8 cm³/mol. The maximum Gasteiger partial charge on any atom is 0.249 e. The fraction of sp³-hybridized carbons (Fsp3) is 0.500. The van der Waals surface area contributed by atoms with Crippen molar-refractivity contribution in [3.63, 3.8) is 0 Å². The van der Waals surface area contributed by atoms with E-state index >= 15 is 0 Å². The zero-order valence-electron chi connectivity index (χ0n) is 9.39. The van der Waals surface area contributed by atoms with E-state index in [4.69, 9.17) is 0 Å². The number of nitrogens with zero attached hydrogens (tertiary/aromatic N) is 3. The van der Waals surface area contributed by atoms with Crippen molar-refractivity contribution in [1.82, 2.24) is 9.78 Å². The van der Waals surface area contributed by atoms with E-state index in [2.05, 4.69) is 5.10 Å². The van der Waals surface area contributed by atoms with E-state index < -0.39 is 0 Å². The van der Waals surface area contributed by atoms with Crippen molar-refractivity contribution in [3.8, 4) is 0 Å². The van der Waals surface area contributed by atoms with Crippen molar-refractivity contribution in [2.24, 2.45) is 13.0 Å². The molecule has 0 aliphatic carbocycles. The summed E-state index contributed by atoms with van der Waals surface area (Å²) in [6.07, 6.45) is 3.23. The van der Waals surface area contributed by atoms with Gasteiger partial charge in [-0.1, -0.05) is 13.8 Å². The minimum atomic E-state index is -0.336. The molecular formula is C10H15N3O2. The largest absolute Gasteiger partial charge is 0.272 e. The highest BCUT2D eigenvalue weighted by atomic mass is 16.6. The quantitative estimate of drug-likeness (QED) is 0.565. The summed E-state index contributed by atoms with van der Waals surface area (Å²) >= 11 is 0. The summed E-state index contributed by atoms with van der Waals surface area (Å²) in [5, 5.41) is 14.8. The van der Waals surface area contributed by atoms with Crippen LogP contribution in [-0.2, 0) is 7.05 Å². The highest BCUT2D eigenvalue weighted by Crippen LogP contribution is 2.17. The molecule has 0 aliphatic heterocycles. The molecule has 82 valence electrons. The first-order chi connectivity index (χ1) is 6.93. The first-order valence-electron chi connectivity index (χ1n) is 4.78. The molecule has 0 fully saturated rings. The van der Waals surface area contributed by atoms with Gasteiger partial charge in [-0.05, 0) is 6.92 Å². The third-order valence-electron chi connectivity index (χ3n) is 2.38. The van der Waals surface area contributed by atoms with E-state index in [0.29, 0.717) is 0 Å². The minimum Gasteiger partial charge on any atom is -0.272 e. The second kappa shape index (κ2) is 4.25. The Morgan fingerprint density at radius 1 is 1.67 bits per heavy atom. The molecule has 0 aliphatic rings. The Morgan fingerprint density at radius 2 is 2.27 bits per heavy atom. The highest BCUT2D eigenvalue weighted by Gasteiger charge is 2.16. The Bertz CT molecular complexity index is 405. The van der Waals surface area contributed by atoms with Crippen LogP contribution in [0.2, 0.25) is 0 Å². The molecule has 1 aromatic heterocycles. The average molecular weight is 209 g/mol. The van der Waals surface area contributed by atoms with Crippen LogP contribution in [0.5, 0.6) is 0 Å². The second-order valence-corrected chi connectivity index (χ2v) is 3.79. The summed E-state index contributed by atoms with van der Waals surface area (Å²) in [7, 11) is 1.81. The Kier molecular flexibility index (Phi) is 3.24. The van der Waals surface area contributed by atoms with Crippen LogP contribution in [0.4, 0.5) is 0 Å². The van der Waals surface area contributed by atoms with E-state index in [1.54, 1.807) is 30.8 Å². The smallest absolute Gasteiger partial charge is 0.249 e. The van der Waals surface area contributed by atoms with Gasteiger partial charge in [-0.25, -0.2) is 0 Å². The molecular weight excluding hydrogens is 194 g/mol. The topological polar surface area (TPSA) is 61.0 Å². The molecule has 0 amide bonds. The molecule has 15 heavy (non-hydrogen) atoms. The van der Waals surface area contributed by atoms with E-state index in [0.717, 1.165) is 11.3 Å². The van der Waals surface area contributed by atoms with Crippen LogP contribution in [0.25, 0.3) is 6.08 Å². The van der Waals surface area contributed by atoms with Crippen LogP contribution in [0.1, 0.15) is 25.1 Å². The number of allylic oxidation sites excluding steroid dienone is 1. The van der Waals surface area contributed by atoms with Gasteiger partial charge in [-0.15, -0.1) is 0 Å². The molecule has 5 heteroatoms. The van der Waals surface area contributed by atoms with Gasteiger partial charge in [0.25, 0.3) is 0 Å². The molecule has 0 bridgehead atoms. The van der Waals surface area contributed by atoms with Crippen LogP contribution in [0.3, 0.4) is 0 Å². The monoisotopic (exact) mass is 209 g/mol. The minimum absolute atomic E-state index is 0.0976.